The van der Waals surface area contributed by atoms with Gasteiger partial charge in [0, 0.05) is 11.0 Å². The zero-order valence-electron chi connectivity index (χ0n) is 12.6. The zero-order valence-corrected chi connectivity index (χ0v) is 12.6. The summed E-state index contributed by atoms with van der Waals surface area (Å²) in [5.74, 6) is 0.613. The molecule has 0 aliphatic heterocycles. The summed E-state index contributed by atoms with van der Waals surface area (Å²) in [4.78, 5) is 8.35. The zero-order chi connectivity index (χ0) is 15.5. The van der Waals surface area contributed by atoms with Crippen molar-refractivity contribution in [1.82, 2.24) is 9.97 Å². The van der Waals surface area contributed by atoms with Crippen LogP contribution in [-0.2, 0) is 11.8 Å². The average molecular weight is 298 g/mol. The number of benzene rings is 1. The molecule has 0 amide bonds. The lowest BCUT2D eigenvalue weighted by molar-refractivity contribution is -0.158. The van der Waals surface area contributed by atoms with Gasteiger partial charge in [0.05, 0.1) is 5.69 Å². The summed E-state index contributed by atoms with van der Waals surface area (Å²) in [5, 5.41) is 0. The third-order valence-corrected chi connectivity index (χ3v) is 5.12. The Balaban J connectivity index is 1.70. The highest BCUT2D eigenvalue weighted by Crippen LogP contribution is 2.69. The maximum Gasteiger partial charge on any atom is 0.222 e. The fraction of sp³-hybridized carbons (Fsp3) is 0.412. The first-order valence-corrected chi connectivity index (χ1v) is 7.66. The van der Waals surface area contributed by atoms with Crippen LogP contribution in [0.4, 0.5) is 16.2 Å². The van der Waals surface area contributed by atoms with Gasteiger partial charge < -0.3 is 11.5 Å². The van der Waals surface area contributed by atoms with E-state index in [-0.39, 0.29) is 11.4 Å². The molecule has 4 N–H and O–H groups in total. The van der Waals surface area contributed by atoms with Gasteiger partial charge in [-0.15, -0.1) is 0 Å². The Labute approximate surface area is 128 Å². The van der Waals surface area contributed by atoms with E-state index in [2.05, 4.69) is 22.1 Å². The van der Waals surface area contributed by atoms with Crippen LogP contribution in [0.2, 0.25) is 0 Å². The number of alkyl halides is 1. The summed E-state index contributed by atoms with van der Waals surface area (Å²) in [7, 11) is 0. The smallest absolute Gasteiger partial charge is 0.222 e. The molecule has 3 aliphatic rings. The Morgan fingerprint density at radius 2 is 1.73 bits per heavy atom. The van der Waals surface area contributed by atoms with E-state index in [1.807, 2.05) is 19.1 Å². The van der Waals surface area contributed by atoms with Crippen LogP contribution >= 0.6 is 0 Å². The minimum atomic E-state index is -0.872. The van der Waals surface area contributed by atoms with Crippen molar-refractivity contribution in [2.75, 3.05) is 11.5 Å². The van der Waals surface area contributed by atoms with Gasteiger partial charge in [-0.25, -0.2) is 9.37 Å². The highest BCUT2D eigenvalue weighted by molar-refractivity contribution is 5.77. The molecule has 3 aliphatic carbocycles. The van der Waals surface area contributed by atoms with Crippen molar-refractivity contribution in [1.29, 1.82) is 0 Å². The van der Waals surface area contributed by atoms with E-state index in [1.165, 1.54) is 5.56 Å². The topological polar surface area (TPSA) is 77.8 Å². The third-order valence-electron chi connectivity index (χ3n) is 5.12. The second-order valence-electron chi connectivity index (χ2n) is 6.68. The lowest BCUT2D eigenvalue weighted by Gasteiger charge is -2.66. The number of anilines is 2. The fourth-order valence-corrected chi connectivity index (χ4v) is 4.08. The Kier molecular flexibility index (Phi) is 2.56. The largest absolute Gasteiger partial charge is 0.383 e. The van der Waals surface area contributed by atoms with Gasteiger partial charge >= 0.3 is 0 Å². The molecular formula is C17H19FN4. The van der Waals surface area contributed by atoms with E-state index >= 15 is 0 Å². The molecule has 5 heteroatoms. The van der Waals surface area contributed by atoms with Crippen LogP contribution in [0.5, 0.6) is 0 Å². The lowest BCUT2D eigenvalue weighted by atomic mass is 9.40. The number of aryl methyl sites for hydroxylation is 1. The summed E-state index contributed by atoms with van der Waals surface area (Å²) in [5.41, 5.74) is 14.8. The van der Waals surface area contributed by atoms with Crippen LogP contribution in [0, 0.1) is 0 Å². The fourth-order valence-electron chi connectivity index (χ4n) is 4.08. The van der Waals surface area contributed by atoms with Crippen molar-refractivity contribution >= 4 is 11.8 Å². The van der Waals surface area contributed by atoms with E-state index in [0.717, 1.165) is 23.2 Å². The Bertz CT molecular complexity index is 734. The van der Waals surface area contributed by atoms with E-state index in [1.54, 1.807) is 0 Å². The minimum absolute atomic E-state index is 0.0873. The number of nitrogen functional groups attached to an aromatic ring is 2. The summed E-state index contributed by atoms with van der Waals surface area (Å²) in [6.07, 6.45) is 2.76. The molecular weight excluding hydrogens is 279 g/mol. The van der Waals surface area contributed by atoms with E-state index in [9.17, 15) is 4.39 Å². The maximum absolute atomic E-state index is 13.7. The van der Waals surface area contributed by atoms with E-state index < -0.39 is 5.67 Å². The average Bonchev–Trinajstić information content (AvgIpc) is 2.42. The van der Waals surface area contributed by atoms with Crippen molar-refractivity contribution in [3.05, 3.63) is 35.5 Å². The number of nitrogens with two attached hydrogens (primary N) is 2. The molecule has 4 nitrogen and oxygen atoms in total. The number of halogens is 1. The molecule has 1 heterocycles. The maximum atomic E-state index is 13.7. The second-order valence-corrected chi connectivity index (χ2v) is 6.68. The van der Waals surface area contributed by atoms with Gasteiger partial charge in [-0.3, -0.25) is 0 Å². The molecule has 22 heavy (non-hydrogen) atoms. The van der Waals surface area contributed by atoms with Gasteiger partial charge in [-0.2, -0.15) is 4.98 Å². The molecule has 1 aromatic carbocycles. The normalized spacial score (nSPS) is 28.8. The number of hydrogen-bond acceptors (Lipinski definition) is 4. The molecule has 2 aromatic rings. The highest BCUT2D eigenvalue weighted by atomic mass is 19.1. The Morgan fingerprint density at radius 1 is 1.09 bits per heavy atom. The van der Waals surface area contributed by atoms with Crippen LogP contribution in [-0.4, -0.2) is 15.6 Å². The summed E-state index contributed by atoms with van der Waals surface area (Å²) in [6, 6.07) is 8.24. The molecule has 0 unspecified atom stereocenters. The predicted molar refractivity (Wildman–Crippen MR) is 85.0 cm³/mol. The van der Waals surface area contributed by atoms with Crippen LogP contribution in [0.15, 0.2) is 24.3 Å². The first-order chi connectivity index (χ1) is 10.4. The SMILES string of the molecule is CCc1nc(N)nc(N)c1-c1ccc(C23CC(F)(C2)C3)cc1. The summed E-state index contributed by atoms with van der Waals surface area (Å²) < 4.78 is 13.7. The quantitative estimate of drug-likeness (QED) is 0.913. The molecule has 1 aromatic heterocycles. The molecule has 0 radical (unpaired) electrons. The molecule has 5 rings (SSSR count). The van der Waals surface area contributed by atoms with Crippen molar-refractivity contribution in [3.8, 4) is 11.1 Å². The summed E-state index contributed by atoms with van der Waals surface area (Å²) in [6.45, 7) is 2.02. The highest BCUT2D eigenvalue weighted by Gasteiger charge is 2.69. The number of nitrogens with zero attached hydrogens (tertiary/aromatic N) is 2. The minimum Gasteiger partial charge on any atom is -0.383 e. The van der Waals surface area contributed by atoms with Crippen LogP contribution < -0.4 is 11.5 Å². The van der Waals surface area contributed by atoms with Crippen molar-refractivity contribution < 1.29 is 4.39 Å². The van der Waals surface area contributed by atoms with E-state index in [4.69, 9.17) is 11.5 Å². The predicted octanol–water partition coefficient (Wildman–Crippen LogP) is 3.01. The second kappa shape index (κ2) is 4.18. The van der Waals surface area contributed by atoms with Gasteiger partial charge in [0.1, 0.15) is 11.5 Å². The first kappa shape index (κ1) is 13.5. The first-order valence-electron chi connectivity index (χ1n) is 7.66. The van der Waals surface area contributed by atoms with Crippen molar-refractivity contribution in [3.63, 3.8) is 0 Å². The van der Waals surface area contributed by atoms with Crippen molar-refractivity contribution in [2.45, 2.75) is 43.7 Å². The number of rotatable bonds is 3. The molecule has 114 valence electrons. The van der Waals surface area contributed by atoms with Crippen LogP contribution in [0.1, 0.15) is 37.4 Å². The molecule has 0 saturated heterocycles. The molecule has 2 bridgehead atoms. The monoisotopic (exact) mass is 298 g/mol. The molecule has 0 spiro atoms. The van der Waals surface area contributed by atoms with E-state index in [0.29, 0.717) is 25.1 Å². The van der Waals surface area contributed by atoms with Gasteiger partial charge in [0.15, 0.2) is 0 Å². The van der Waals surface area contributed by atoms with Gasteiger partial charge in [-0.05, 0) is 36.8 Å². The lowest BCUT2D eigenvalue weighted by Crippen LogP contribution is -2.67. The molecule has 0 atom stereocenters. The van der Waals surface area contributed by atoms with Gasteiger partial charge in [0.2, 0.25) is 5.95 Å². The van der Waals surface area contributed by atoms with Crippen molar-refractivity contribution in [2.24, 2.45) is 0 Å². The number of hydrogen-bond donors (Lipinski definition) is 2. The van der Waals surface area contributed by atoms with Gasteiger partial charge in [0.25, 0.3) is 0 Å². The third kappa shape index (κ3) is 1.74. The van der Waals surface area contributed by atoms with Gasteiger partial charge in [-0.1, -0.05) is 31.2 Å². The molecule has 3 saturated carbocycles. The Morgan fingerprint density at radius 3 is 2.27 bits per heavy atom. The van der Waals surface area contributed by atoms with Crippen LogP contribution in [0.3, 0.4) is 0 Å². The molecule has 3 fully saturated rings. The summed E-state index contributed by atoms with van der Waals surface area (Å²) >= 11 is 0. The van der Waals surface area contributed by atoms with Crippen LogP contribution in [0.25, 0.3) is 11.1 Å². The standard InChI is InChI=1S/C17H19FN4/c1-2-12-13(14(19)22-15(20)21-12)10-3-5-11(6-4-10)16-7-17(18,8-16)9-16/h3-6H,2,7-9H2,1H3,(H4,19,20,21,22). The number of aromatic nitrogens is 2. The Hall–Kier alpha value is -2.17.